The van der Waals surface area contributed by atoms with Crippen molar-refractivity contribution in [1.82, 2.24) is 9.88 Å². The van der Waals surface area contributed by atoms with Crippen molar-refractivity contribution in [2.45, 2.75) is 6.54 Å². The highest BCUT2D eigenvalue weighted by atomic mass is 35.5. The van der Waals surface area contributed by atoms with E-state index in [4.69, 9.17) is 11.6 Å². The van der Waals surface area contributed by atoms with Crippen LogP contribution < -0.4 is 5.32 Å². The average Bonchev–Trinajstić information content (AvgIpc) is 2.80. The summed E-state index contributed by atoms with van der Waals surface area (Å²) in [6, 6.07) is 8.28. The van der Waals surface area contributed by atoms with E-state index in [0.29, 0.717) is 22.8 Å². The Balaban J connectivity index is 0.000000200. The lowest BCUT2D eigenvalue weighted by atomic mass is 10.2. The van der Waals surface area contributed by atoms with Crippen LogP contribution in [0.1, 0.15) is 16.1 Å². The molecule has 0 bridgehead atoms. The SMILES string of the molecule is CNCc1c(F)cccc1Cl.Cn1cccc1C=O. The van der Waals surface area contributed by atoms with Crippen LogP contribution in [0.5, 0.6) is 0 Å². The Morgan fingerprint density at radius 1 is 1.37 bits per heavy atom. The molecule has 2 aromatic rings. The summed E-state index contributed by atoms with van der Waals surface area (Å²) in [6.45, 7) is 0.464. The smallest absolute Gasteiger partial charge is 0.166 e. The minimum Gasteiger partial charge on any atom is -0.348 e. The first kappa shape index (κ1) is 15.4. The molecule has 0 aliphatic heterocycles. The van der Waals surface area contributed by atoms with Crippen LogP contribution in [0.15, 0.2) is 36.5 Å². The molecule has 0 amide bonds. The van der Waals surface area contributed by atoms with Gasteiger partial charge in [0.05, 0.1) is 5.69 Å². The second-order valence-electron chi connectivity index (χ2n) is 3.89. The highest BCUT2D eigenvalue weighted by molar-refractivity contribution is 6.31. The molecule has 1 N–H and O–H groups in total. The number of hydrogen-bond donors (Lipinski definition) is 1. The molecule has 0 fully saturated rings. The summed E-state index contributed by atoms with van der Waals surface area (Å²) >= 11 is 5.73. The van der Waals surface area contributed by atoms with Crippen molar-refractivity contribution in [3.05, 3.63) is 58.6 Å². The van der Waals surface area contributed by atoms with Gasteiger partial charge in [0.1, 0.15) is 5.82 Å². The van der Waals surface area contributed by atoms with Gasteiger partial charge in [-0.25, -0.2) is 4.39 Å². The number of aromatic nitrogens is 1. The first-order valence-corrected chi connectivity index (χ1v) is 6.12. The molecule has 5 heteroatoms. The zero-order chi connectivity index (χ0) is 14.3. The van der Waals surface area contributed by atoms with Crippen LogP contribution in [0.2, 0.25) is 5.02 Å². The summed E-state index contributed by atoms with van der Waals surface area (Å²) in [7, 11) is 3.59. The Labute approximate surface area is 117 Å². The van der Waals surface area contributed by atoms with E-state index in [1.807, 2.05) is 19.3 Å². The van der Waals surface area contributed by atoms with E-state index in [9.17, 15) is 9.18 Å². The van der Waals surface area contributed by atoms with Crippen LogP contribution in [0, 0.1) is 5.82 Å². The highest BCUT2D eigenvalue weighted by Gasteiger charge is 2.03. The van der Waals surface area contributed by atoms with Crippen LogP contribution in [-0.2, 0) is 13.6 Å². The Hall–Kier alpha value is -1.65. The molecule has 102 valence electrons. The van der Waals surface area contributed by atoms with Crippen molar-refractivity contribution >= 4 is 17.9 Å². The first-order chi connectivity index (χ1) is 9.10. The molecule has 1 aromatic carbocycles. The molecule has 2 rings (SSSR count). The standard InChI is InChI=1S/C8H9ClFN.C6H7NO/c1-11-5-6-7(9)3-2-4-8(6)10;1-7-4-2-3-6(7)5-8/h2-4,11H,5H2,1H3;2-5H,1H3. The predicted octanol–water partition coefficient (Wildman–Crippen LogP) is 3.04. The summed E-state index contributed by atoms with van der Waals surface area (Å²) in [4.78, 5) is 10.1. The van der Waals surface area contributed by atoms with Crippen LogP contribution in [-0.4, -0.2) is 17.9 Å². The molecule has 0 saturated carbocycles. The fourth-order valence-electron chi connectivity index (χ4n) is 1.47. The van der Waals surface area contributed by atoms with Gasteiger partial charge in [0.25, 0.3) is 0 Å². The van der Waals surface area contributed by atoms with Gasteiger partial charge >= 0.3 is 0 Å². The second-order valence-corrected chi connectivity index (χ2v) is 4.30. The summed E-state index contributed by atoms with van der Waals surface area (Å²) in [5, 5.41) is 3.31. The van der Waals surface area contributed by atoms with Gasteiger partial charge < -0.3 is 9.88 Å². The number of nitrogens with zero attached hydrogens (tertiary/aromatic N) is 1. The fraction of sp³-hybridized carbons (Fsp3) is 0.214. The zero-order valence-corrected chi connectivity index (χ0v) is 11.6. The van der Waals surface area contributed by atoms with Crippen LogP contribution in [0.3, 0.4) is 0 Å². The summed E-state index contributed by atoms with van der Waals surface area (Å²) < 4.78 is 14.7. The number of aldehydes is 1. The molecule has 0 unspecified atom stereocenters. The first-order valence-electron chi connectivity index (χ1n) is 5.74. The maximum absolute atomic E-state index is 12.9. The van der Waals surface area contributed by atoms with Crippen molar-refractivity contribution < 1.29 is 9.18 Å². The van der Waals surface area contributed by atoms with Gasteiger partial charge in [-0.05, 0) is 31.3 Å². The Morgan fingerprint density at radius 2 is 2.11 bits per heavy atom. The third-order valence-corrected chi connectivity index (χ3v) is 2.87. The molecule has 1 aromatic heterocycles. The van der Waals surface area contributed by atoms with Gasteiger partial charge in [-0.15, -0.1) is 0 Å². The molecule has 19 heavy (non-hydrogen) atoms. The lowest BCUT2D eigenvalue weighted by Crippen LogP contribution is -2.07. The predicted molar refractivity (Wildman–Crippen MR) is 75.0 cm³/mol. The topological polar surface area (TPSA) is 34.0 Å². The minimum absolute atomic E-state index is 0.258. The van der Waals surface area contributed by atoms with E-state index in [1.54, 1.807) is 29.8 Å². The van der Waals surface area contributed by atoms with Gasteiger partial charge in [0.15, 0.2) is 6.29 Å². The molecule has 1 heterocycles. The molecule has 0 saturated heterocycles. The molecular weight excluding hydrogens is 267 g/mol. The number of hydrogen-bond acceptors (Lipinski definition) is 2. The molecule has 3 nitrogen and oxygen atoms in total. The van der Waals surface area contributed by atoms with E-state index >= 15 is 0 Å². The van der Waals surface area contributed by atoms with Gasteiger partial charge in [-0.1, -0.05) is 17.7 Å². The second kappa shape index (κ2) is 7.71. The van der Waals surface area contributed by atoms with Gasteiger partial charge in [-0.3, -0.25) is 4.79 Å². The molecule has 0 atom stereocenters. The van der Waals surface area contributed by atoms with Crippen molar-refractivity contribution in [3.63, 3.8) is 0 Å². The zero-order valence-electron chi connectivity index (χ0n) is 10.9. The number of halogens is 2. The fourth-order valence-corrected chi connectivity index (χ4v) is 1.70. The Morgan fingerprint density at radius 3 is 2.53 bits per heavy atom. The number of rotatable bonds is 3. The van der Waals surface area contributed by atoms with E-state index in [0.717, 1.165) is 6.29 Å². The van der Waals surface area contributed by atoms with Crippen molar-refractivity contribution in [2.75, 3.05) is 7.05 Å². The van der Waals surface area contributed by atoms with Crippen molar-refractivity contribution in [3.8, 4) is 0 Å². The third-order valence-electron chi connectivity index (χ3n) is 2.52. The van der Waals surface area contributed by atoms with E-state index < -0.39 is 0 Å². The Kier molecular flexibility index (Phi) is 6.25. The molecular formula is C14H16ClFN2O. The quantitative estimate of drug-likeness (QED) is 0.878. The minimum atomic E-state index is -0.258. The number of nitrogens with one attached hydrogen (secondary N) is 1. The van der Waals surface area contributed by atoms with E-state index in [1.165, 1.54) is 6.07 Å². The lowest BCUT2D eigenvalue weighted by molar-refractivity contribution is 0.111. The third kappa shape index (κ3) is 4.50. The van der Waals surface area contributed by atoms with Gasteiger partial charge in [0, 0.05) is 30.4 Å². The number of aryl methyl sites for hydroxylation is 1. The van der Waals surface area contributed by atoms with Crippen LogP contribution >= 0.6 is 11.6 Å². The molecule has 0 radical (unpaired) electrons. The number of carbonyl (C=O) groups is 1. The number of benzene rings is 1. The monoisotopic (exact) mass is 282 g/mol. The normalized spacial score (nSPS) is 9.68. The molecule has 0 spiro atoms. The van der Waals surface area contributed by atoms with Crippen LogP contribution in [0.4, 0.5) is 4.39 Å². The van der Waals surface area contributed by atoms with Crippen molar-refractivity contribution in [1.29, 1.82) is 0 Å². The highest BCUT2D eigenvalue weighted by Crippen LogP contribution is 2.17. The summed E-state index contributed by atoms with van der Waals surface area (Å²) in [5.74, 6) is -0.258. The average molecular weight is 283 g/mol. The van der Waals surface area contributed by atoms with E-state index in [2.05, 4.69) is 5.32 Å². The van der Waals surface area contributed by atoms with E-state index in [-0.39, 0.29) is 5.82 Å². The largest absolute Gasteiger partial charge is 0.348 e. The van der Waals surface area contributed by atoms with Crippen molar-refractivity contribution in [2.24, 2.45) is 7.05 Å². The maximum Gasteiger partial charge on any atom is 0.166 e. The lowest BCUT2D eigenvalue weighted by Gasteiger charge is -2.03. The molecule has 0 aliphatic carbocycles. The summed E-state index contributed by atoms with van der Waals surface area (Å²) in [5.41, 5.74) is 1.24. The number of carbonyl (C=O) groups excluding carboxylic acids is 1. The maximum atomic E-state index is 12.9. The summed E-state index contributed by atoms with van der Waals surface area (Å²) in [6.07, 6.45) is 2.67. The molecule has 0 aliphatic rings. The van der Waals surface area contributed by atoms with Gasteiger partial charge in [0.2, 0.25) is 0 Å². The van der Waals surface area contributed by atoms with Gasteiger partial charge in [-0.2, -0.15) is 0 Å². The van der Waals surface area contributed by atoms with Crippen LogP contribution in [0.25, 0.3) is 0 Å². The Bertz CT molecular complexity index is 520.